The number of nitriles is 1. The number of esters is 1. The first-order valence-corrected chi connectivity index (χ1v) is 9.58. The van der Waals surface area contributed by atoms with Crippen LogP contribution in [0, 0.1) is 11.3 Å². The zero-order valence-electron chi connectivity index (χ0n) is 16.8. The number of carbonyl (C=O) groups excluding carboxylic acids is 1. The lowest BCUT2D eigenvalue weighted by Gasteiger charge is -2.12. The van der Waals surface area contributed by atoms with Crippen LogP contribution >= 0.6 is 0 Å². The Morgan fingerprint density at radius 2 is 1.81 bits per heavy atom. The van der Waals surface area contributed by atoms with Crippen LogP contribution in [0.5, 0.6) is 17.2 Å². The Kier molecular flexibility index (Phi) is 5.81. The highest BCUT2D eigenvalue weighted by Gasteiger charge is 2.17. The van der Waals surface area contributed by atoms with Gasteiger partial charge in [0.25, 0.3) is 0 Å². The van der Waals surface area contributed by atoms with Gasteiger partial charge in [-0.25, -0.2) is 9.78 Å². The molecule has 0 unspecified atom stereocenters. The highest BCUT2D eigenvalue weighted by molar-refractivity contribution is 5.80. The van der Waals surface area contributed by atoms with Crippen LogP contribution in [0.1, 0.15) is 11.4 Å². The van der Waals surface area contributed by atoms with Crippen molar-refractivity contribution in [2.24, 2.45) is 0 Å². The molecule has 0 spiro atoms. The molecule has 0 amide bonds. The van der Waals surface area contributed by atoms with E-state index in [1.54, 1.807) is 16.7 Å². The molecule has 3 aromatic carbocycles. The summed E-state index contributed by atoms with van der Waals surface area (Å²) in [6.07, 6.45) is 0. The third kappa shape index (κ3) is 4.49. The van der Waals surface area contributed by atoms with Crippen LogP contribution in [0.4, 0.5) is 0 Å². The van der Waals surface area contributed by atoms with Gasteiger partial charge in [0, 0.05) is 6.07 Å². The maximum atomic E-state index is 12.7. The number of imidazole rings is 1. The Bertz CT molecular complexity index is 1260. The van der Waals surface area contributed by atoms with Gasteiger partial charge in [-0.2, -0.15) is 5.26 Å². The second-order valence-corrected chi connectivity index (χ2v) is 6.66. The summed E-state index contributed by atoms with van der Waals surface area (Å²) < 4.78 is 18.4. The maximum Gasteiger partial charge on any atom is 0.331 e. The molecule has 0 aliphatic carbocycles. The smallest absolute Gasteiger partial charge is 0.331 e. The molecule has 4 aromatic rings. The van der Waals surface area contributed by atoms with Gasteiger partial charge in [0.05, 0.1) is 29.8 Å². The van der Waals surface area contributed by atoms with Crippen molar-refractivity contribution >= 4 is 17.0 Å². The van der Waals surface area contributed by atoms with E-state index in [9.17, 15) is 4.79 Å². The number of para-hydroxylation sites is 3. The zero-order chi connectivity index (χ0) is 21.6. The molecule has 0 aliphatic heterocycles. The minimum Gasteiger partial charge on any atom is -0.493 e. The number of aromatic nitrogens is 2. The number of carbonyl (C=O) groups is 1. The van der Waals surface area contributed by atoms with E-state index in [1.807, 2.05) is 60.7 Å². The average molecular weight is 413 g/mol. The zero-order valence-corrected chi connectivity index (χ0v) is 16.8. The van der Waals surface area contributed by atoms with E-state index >= 15 is 0 Å². The van der Waals surface area contributed by atoms with Crippen LogP contribution in [0.3, 0.4) is 0 Å². The maximum absolute atomic E-state index is 12.7. The van der Waals surface area contributed by atoms with Crippen molar-refractivity contribution < 1.29 is 19.0 Å². The molecule has 1 aromatic heterocycles. The first-order valence-electron chi connectivity index (χ1n) is 9.58. The molecule has 4 rings (SSSR count). The molecule has 0 saturated carbocycles. The lowest BCUT2D eigenvalue weighted by atomic mass is 10.2. The van der Waals surface area contributed by atoms with E-state index in [0.29, 0.717) is 22.9 Å². The Balaban J connectivity index is 1.57. The van der Waals surface area contributed by atoms with Gasteiger partial charge in [-0.05, 0) is 36.4 Å². The van der Waals surface area contributed by atoms with Crippen molar-refractivity contribution in [3.63, 3.8) is 0 Å². The Hall–Kier alpha value is -4.31. The SMILES string of the molecule is COc1cc(C#N)ccc1OC(=O)Cn1c(COc2ccccc2)nc2ccccc21. The first kappa shape index (κ1) is 20.0. The van der Waals surface area contributed by atoms with Crippen LogP contribution < -0.4 is 14.2 Å². The molecule has 0 atom stereocenters. The van der Waals surface area contributed by atoms with Gasteiger partial charge in [-0.1, -0.05) is 30.3 Å². The van der Waals surface area contributed by atoms with Crippen LogP contribution in [0.2, 0.25) is 0 Å². The quantitative estimate of drug-likeness (QED) is 0.335. The standard InChI is InChI=1S/C24H19N3O4/c1-29-22-13-17(14-25)11-12-21(22)31-24(28)15-27-20-10-6-5-9-19(20)26-23(27)16-30-18-7-3-2-4-8-18/h2-13H,15-16H2,1H3. The molecule has 7 heteroatoms. The minimum atomic E-state index is -0.493. The van der Waals surface area contributed by atoms with Crippen LogP contribution in [0.25, 0.3) is 11.0 Å². The van der Waals surface area contributed by atoms with Gasteiger partial charge in [0.2, 0.25) is 0 Å². The third-order valence-corrected chi connectivity index (χ3v) is 4.65. The van der Waals surface area contributed by atoms with E-state index in [2.05, 4.69) is 4.98 Å². The van der Waals surface area contributed by atoms with Gasteiger partial charge in [0.15, 0.2) is 11.5 Å². The summed E-state index contributed by atoms with van der Waals surface area (Å²) >= 11 is 0. The number of rotatable bonds is 7. The van der Waals surface area contributed by atoms with Gasteiger partial charge in [-0.3, -0.25) is 0 Å². The lowest BCUT2D eigenvalue weighted by molar-refractivity contribution is -0.135. The molecule has 154 valence electrons. The van der Waals surface area contributed by atoms with E-state index in [4.69, 9.17) is 19.5 Å². The number of hydrogen-bond donors (Lipinski definition) is 0. The normalized spacial score (nSPS) is 10.5. The second-order valence-electron chi connectivity index (χ2n) is 6.66. The molecule has 7 nitrogen and oxygen atoms in total. The molecule has 0 fully saturated rings. The van der Waals surface area contributed by atoms with Gasteiger partial charge < -0.3 is 18.8 Å². The van der Waals surface area contributed by atoms with Crippen molar-refractivity contribution in [2.75, 3.05) is 7.11 Å². The largest absolute Gasteiger partial charge is 0.493 e. The summed E-state index contributed by atoms with van der Waals surface area (Å²) in [5.74, 6) is 1.39. The van der Waals surface area contributed by atoms with E-state index in [-0.39, 0.29) is 18.9 Å². The first-order chi connectivity index (χ1) is 15.2. The fourth-order valence-corrected chi connectivity index (χ4v) is 3.18. The second kappa shape index (κ2) is 9.01. The van der Waals surface area contributed by atoms with Crippen molar-refractivity contribution in [1.29, 1.82) is 5.26 Å². The van der Waals surface area contributed by atoms with E-state index in [1.165, 1.54) is 13.2 Å². The molecule has 0 aliphatic rings. The van der Waals surface area contributed by atoms with Crippen LogP contribution in [0.15, 0.2) is 72.8 Å². The summed E-state index contributed by atoms with van der Waals surface area (Å²) in [4.78, 5) is 17.4. The Labute approximate surface area is 179 Å². The van der Waals surface area contributed by atoms with Crippen molar-refractivity contribution in [2.45, 2.75) is 13.2 Å². The Morgan fingerprint density at radius 1 is 1.03 bits per heavy atom. The summed E-state index contributed by atoms with van der Waals surface area (Å²) in [5.41, 5.74) is 1.98. The molecule has 0 N–H and O–H groups in total. The fraction of sp³-hybridized carbons (Fsp3) is 0.125. The monoisotopic (exact) mass is 413 g/mol. The average Bonchev–Trinajstić information content (AvgIpc) is 3.15. The van der Waals surface area contributed by atoms with Crippen molar-refractivity contribution in [1.82, 2.24) is 9.55 Å². The number of hydrogen-bond acceptors (Lipinski definition) is 6. The highest BCUT2D eigenvalue weighted by atomic mass is 16.6. The topological polar surface area (TPSA) is 86.4 Å². The number of methoxy groups -OCH3 is 1. The third-order valence-electron chi connectivity index (χ3n) is 4.65. The van der Waals surface area contributed by atoms with Crippen molar-refractivity contribution in [3.8, 4) is 23.3 Å². The number of ether oxygens (including phenoxy) is 3. The molecule has 0 bridgehead atoms. The molecule has 31 heavy (non-hydrogen) atoms. The number of fused-ring (bicyclic) bond motifs is 1. The molecular weight excluding hydrogens is 394 g/mol. The molecule has 0 radical (unpaired) electrons. The summed E-state index contributed by atoms with van der Waals surface area (Å²) in [6.45, 7) is 0.142. The van der Waals surface area contributed by atoms with Gasteiger partial charge in [0.1, 0.15) is 24.7 Å². The van der Waals surface area contributed by atoms with Gasteiger partial charge >= 0.3 is 5.97 Å². The minimum absolute atomic E-state index is 0.0584. The highest BCUT2D eigenvalue weighted by Crippen LogP contribution is 2.28. The fourth-order valence-electron chi connectivity index (χ4n) is 3.18. The summed E-state index contributed by atoms with van der Waals surface area (Å²) in [6, 6.07) is 23.6. The molecular formula is C24H19N3O4. The van der Waals surface area contributed by atoms with Crippen LogP contribution in [-0.2, 0) is 17.9 Å². The van der Waals surface area contributed by atoms with E-state index < -0.39 is 5.97 Å². The molecule has 1 heterocycles. The number of benzene rings is 3. The predicted octanol–water partition coefficient (Wildman–Crippen LogP) is 4.10. The van der Waals surface area contributed by atoms with Gasteiger partial charge in [-0.15, -0.1) is 0 Å². The van der Waals surface area contributed by atoms with Crippen molar-refractivity contribution in [3.05, 3.63) is 84.2 Å². The van der Waals surface area contributed by atoms with Crippen LogP contribution in [-0.4, -0.2) is 22.6 Å². The lowest BCUT2D eigenvalue weighted by Crippen LogP contribution is -2.19. The predicted molar refractivity (Wildman–Crippen MR) is 114 cm³/mol. The Morgan fingerprint density at radius 3 is 2.58 bits per heavy atom. The summed E-state index contributed by atoms with van der Waals surface area (Å²) in [5, 5.41) is 9.03. The summed E-state index contributed by atoms with van der Waals surface area (Å²) in [7, 11) is 1.45. The van der Waals surface area contributed by atoms with E-state index in [0.717, 1.165) is 11.0 Å². The molecule has 0 saturated heterocycles. The number of nitrogens with zero attached hydrogens (tertiary/aromatic N) is 3.